The predicted octanol–water partition coefficient (Wildman–Crippen LogP) is 3.75. The molecule has 1 aromatic carbocycles. The van der Waals surface area contributed by atoms with Crippen LogP contribution in [-0.2, 0) is 6.18 Å². The number of rotatable bonds is 5. The van der Waals surface area contributed by atoms with E-state index in [1.807, 2.05) is 11.0 Å². The average molecular weight is 443 g/mol. The van der Waals surface area contributed by atoms with Gasteiger partial charge in [0.2, 0.25) is 5.88 Å². The number of hydrogen-bond acceptors (Lipinski definition) is 5. The second-order valence-corrected chi connectivity index (χ2v) is 8.26. The number of halogens is 3. The van der Waals surface area contributed by atoms with Crippen molar-refractivity contribution >= 4 is 5.91 Å². The van der Waals surface area contributed by atoms with Crippen molar-refractivity contribution in [3.63, 3.8) is 0 Å². The number of benzene rings is 1. The third kappa shape index (κ3) is 3.59. The first-order chi connectivity index (χ1) is 15.4. The lowest BCUT2D eigenvalue weighted by molar-refractivity contribution is -0.137. The van der Waals surface area contributed by atoms with Crippen LogP contribution in [0.15, 0.2) is 55.0 Å². The van der Waals surface area contributed by atoms with Gasteiger partial charge in [0, 0.05) is 18.8 Å². The minimum Gasteiger partial charge on any atom is -0.475 e. The van der Waals surface area contributed by atoms with Crippen LogP contribution in [0.4, 0.5) is 13.2 Å². The number of carbonyl (C=O) groups excluding carboxylic acids is 1. The van der Waals surface area contributed by atoms with Crippen molar-refractivity contribution in [3.8, 4) is 11.6 Å². The van der Waals surface area contributed by atoms with Crippen LogP contribution in [0.5, 0.6) is 5.88 Å². The van der Waals surface area contributed by atoms with E-state index in [0.29, 0.717) is 23.7 Å². The molecule has 2 aliphatic rings. The molecule has 2 unspecified atom stereocenters. The monoisotopic (exact) mass is 443 g/mol. The number of amides is 1. The highest BCUT2D eigenvalue weighted by atomic mass is 19.4. The zero-order valence-electron chi connectivity index (χ0n) is 17.0. The zero-order chi connectivity index (χ0) is 22.3. The largest absolute Gasteiger partial charge is 0.475 e. The van der Waals surface area contributed by atoms with Crippen LogP contribution in [0.25, 0.3) is 5.69 Å². The number of alkyl halides is 3. The van der Waals surface area contributed by atoms with Crippen molar-refractivity contribution in [2.45, 2.75) is 31.0 Å². The molecule has 1 saturated heterocycles. The molecule has 1 amide bonds. The Labute approximate surface area is 181 Å². The molecule has 3 aromatic rings. The van der Waals surface area contributed by atoms with Crippen LogP contribution >= 0.6 is 0 Å². The van der Waals surface area contributed by atoms with Gasteiger partial charge in [-0.25, -0.2) is 4.98 Å². The summed E-state index contributed by atoms with van der Waals surface area (Å²) in [7, 11) is 0. The van der Waals surface area contributed by atoms with Crippen molar-refractivity contribution in [2.24, 2.45) is 5.92 Å². The Balaban J connectivity index is 1.37. The lowest BCUT2D eigenvalue weighted by atomic mass is 9.96. The molecule has 0 radical (unpaired) electrons. The third-order valence-electron chi connectivity index (χ3n) is 6.27. The number of likely N-dealkylation sites (tertiary alicyclic amines) is 1. The number of ether oxygens (including phenoxy) is 1. The van der Waals surface area contributed by atoms with E-state index in [0.717, 1.165) is 31.5 Å². The number of pyridine rings is 1. The molecule has 0 spiro atoms. The summed E-state index contributed by atoms with van der Waals surface area (Å²) in [4.78, 5) is 20.6. The number of piperidine rings is 1. The summed E-state index contributed by atoms with van der Waals surface area (Å²) in [5.41, 5.74) is -0.268. The molecule has 1 aliphatic heterocycles. The van der Waals surface area contributed by atoms with E-state index in [1.54, 1.807) is 30.6 Å². The van der Waals surface area contributed by atoms with Crippen molar-refractivity contribution in [1.82, 2.24) is 24.9 Å². The van der Waals surface area contributed by atoms with E-state index in [2.05, 4.69) is 15.2 Å². The lowest BCUT2D eigenvalue weighted by Gasteiger charge is -2.38. The highest BCUT2D eigenvalue weighted by Gasteiger charge is 2.53. The van der Waals surface area contributed by atoms with Gasteiger partial charge >= 0.3 is 6.18 Å². The standard InChI is InChI=1S/C22H20F3N5O2/c23-22(24,25)16-5-6-19(26-12-16)32-14-21-8-7-15(11-21)13-29(21)20(31)17-3-1-2-4-18(17)30-27-9-10-28-30/h1-6,9-10,12,15H,7-8,11,13-14H2. The highest BCUT2D eigenvalue weighted by molar-refractivity contribution is 5.98. The SMILES string of the molecule is O=C(c1ccccc1-n1nccn1)N1CC2CCC1(COc1ccc(C(F)(F)F)cn1)C2. The van der Waals surface area contributed by atoms with Gasteiger partial charge in [-0.1, -0.05) is 12.1 Å². The molecule has 2 bridgehead atoms. The molecule has 1 saturated carbocycles. The van der Waals surface area contributed by atoms with Gasteiger partial charge < -0.3 is 9.64 Å². The van der Waals surface area contributed by atoms with Crippen LogP contribution in [0, 0.1) is 5.92 Å². The molecule has 32 heavy (non-hydrogen) atoms. The quantitative estimate of drug-likeness (QED) is 0.601. The summed E-state index contributed by atoms with van der Waals surface area (Å²) >= 11 is 0. The van der Waals surface area contributed by atoms with Gasteiger partial charge in [-0.05, 0) is 43.4 Å². The number of carbonyl (C=O) groups is 1. The van der Waals surface area contributed by atoms with Gasteiger partial charge in [0.15, 0.2) is 0 Å². The maximum Gasteiger partial charge on any atom is 0.417 e. The molecule has 3 heterocycles. The molecule has 5 rings (SSSR count). The minimum absolute atomic E-state index is 0.108. The van der Waals surface area contributed by atoms with E-state index in [-0.39, 0.29) is 18.4 Å². The minimum atomic E-state index is -4.45. The molecule has 1 aliphatic carbocycles. The van der Waals surface area contributed by atoms with Crippen molar-refractivity contribution in [3.05, 3.63) is 66.1 Å². The summed E-state index contributed by atoms with van der Waals surface area (Å²) in [6, 6.07) is 9.31. The van der Waals surface area contributed by atoms with Crippen molar-refractivity contribution in [2.75, 3.05) is 13.2 Å². The van der Waals surface area contributed by atoms with Crippen LogP contribution in [-0.4, -0.2) is 49.5 Å². The van der Waals surface area contributed by atoms with E-state index >= 15 is 0 Å². The average Bonchev–Trinajstić information content (AvgIpc) is 3.54. The Morgan fingerprint density at radius 1 is 1.16 bits per heavy atom. The van der Waals surface area contributed by atoms with Crippen molar-refractivity contribution in [1.29, 1.82) is 0 Å². The Morgan fingerprint density at radius 3 is 2.62 bits per heavy atom. The van der Waals surface area contributed by atoms with Gasteiger partial charge in [-0.2, -0.15) is 28.2 Å². The summed E-state index contributed by atoms with van der Waals surface area (Å²) in [5.74, 6) is 0.346. The Hall–Kier alpha value is -3.43. The van der Waals surface area contributed by atoms with E-state index in [4.69, 9.17) is 4.74 Å². The lowest BCUT2D eigenvalue weighted by Crippen LogP contribution is -2.52. The molecule has 2 fully saturated rings. The number of aromatic nitrogens is 4. The number of nitrogens with zero attached hydrogens (tertiary/aromatic N) is 5. The molecular formula is C22H20F3N5O2. The first-order valence-corrected chi connectivity index (χ1v) is 10.3. The predicted molar refractivity (Wildman–Crippen MR) is 107 cm³/mol. The summed E-state index contributed by atoms with van der Waals surface area (Å²) in [6.07, 6.45) is 1.95. The Bertz CT molecular complexity index is 1120. The second-order valence-electron chi connectivity index (χ2n) is 8.26. The van der Waals surface area contributed by atoms with Crippen LogP contribution in [0.3, 0.4) is 0 Å². The fourth-order valence-electron chi connectivity index (χ4n) is 4.73. The normalized spacial score (nSPS) is 22.3. The fraction of sp³-hybridized carbons (Fsp3) is 0.364. The molecule has 10 heteroatoms. The van der Waals surface area contributed by atoms with Crippen molar-refractivity contribution < 1.29 is 22.7 Å². The first-order valence-electron chi connectivity index (χ1n) is 10.3. The number of hydrogen-bond donors (Lipinski definition) is 0. The van der Waals surface area contributed by atoms with E-state index in [1.165, 1.54) is 10.9 Å². The molecule has 2 atom stereocenters. The van der Waals surface area contributed by atoms with Crippen LogP contribution in [0.1, 0.15) is 35.2 Å². The maximum atomic E-state index is 13.6. The van der Waals surface area contributed by atoms with Gasteiger partial charge in [0.25, 0.3) is 5.91 Å². The first kappa shape index (κ1) is 20.5. The zero-order valence-corrected chi connectivity index (χ0v) is 17.0. The van der Waals surface area contributed by atoms with E-state index < -0.39 is 17.3 Å². The fourth-order valence-corrected chi connectivity index (χ4v) is 4.73. The maximum absolute atomic E-state index is 13.6. The molecule has 7 nitrogen and oxygen atoms in total. The summed E-state index contributed by atoms with van der Waals surface area (Å²) in [6.45, 7) is 0.791. The van der Waals surface area contributed by atoms with Crippen LogP contribution < -0.4 is 4.74 Å². The summed E-state index contributed by atoms with van der Waals surface area (Å²) < 4.78 is 44.1. The molecule has 2 aromatic heterocycles. The van der Waals surface area contributed by atoms with Crippen LogP contribution in [0.2, 0.25) is 0 Å². The summed E-state index contributed by atoms with van der Waals surface area (Å²) in [5, 5.41) is 8.29. The smallest absolute Gasteiger partial charge is 0.417 e. The highest BCUT2D eigenvalue weighted by Crippen LogP contribution is 2.47. The Morgan fingerprint density at radius 2 is 1.94 bits per heavy atom. The topological polar surface area (TPSA) is 73.1 Å². The molecule has 166 valence electrons. The van der Waals surface area contributed by atoms with Gasteiger partial charge in [-0.3, -0.25) is 4.79 Å². The second kappa shape index (κ2) is 7.61. The number of fused-ring (bicyclic) bond motifs is 2. The molecular weight excluding hydrogens is 423 g/mol. The van der Waals surface area contributed by atoms with Gasteiger partial charge in [0.1, 0.15) is 6.61 Å². The molecule has 0 N–H and O–H groups in total. The van der Waals surface area contributed by atoms with E-state index in [9.17, 15) is 18.0 Å². The third-order valence-corrected chi connectivity index (χ3v) is 6.27. The number of para-hydroxylation sites is 1. The van der Waals surface area contributed by atoms with Gasteiger partial charge in [-0.15, -0.1) is 0 Å². The van der Waals surface area contributed by atoms with Gasteiger partial charge in [0.05, 0.1) is 34.7 Å². The Kier molecular flexibility index (Phi) is 4.87.